The topological polar surface area (TPSA) is 38.8 Å². The van der Waals surface area contributed by atoms with E-state index >= 15 is 0 Å². The van der Waals surface area contributed by atoms with Gasteiger partial charge in [-0.05, 0) is 6.42 Å². The third-order valence-corrected chi connectivity index (χ3v) is 4.64. The highest BCUT2D eigenvalue weighted by atomic mass is 16.6. The first-order valence-electron chi connectivity index (χ1n) is 10.3. The van der Waals surface area contributed by atoms with Crippen molar-refractivity contribution in [2.75, 3.05) is 6.61 Å². The molecule has 0 fully saturated rings. The molecule has 0 aromatic heterocycles. The van der Waals surface area contributed by atoms with Crippen molar-refractivity contribution in [3.05, 3.63) is 12.0 Å². The van der Waals surface area contributed by atoms with Crippen LogP contribution in [-0.2, 0) is 14.3 Å². The molecule has 0 saturated carbocycles. The van der Waals surface area contributed by atoms with Crippen molar-refractivity contribution < 1.29 is 14.3 Å². The third-order valence-electron chi connectivity index (χ3n) is 4.64. The minimum atomic E-state index is -0.0962. The molecular formula is C21H38O3. The van der Waals surface area contributed by atoms with Gasteiger partial charge in [-0.1, -0.05) is 96.8 Å². The molecule has 140 valence electrons. The van der Waals surface area contributed by atoms with Crippen LogP contribution in [0.4, 0.5) is 0 Å². The van der Waals surface area contributed by atoms with Crippen molar-refractivity contribution in [3.63, 3.8) is 0 Å². The van der Waals surface area contributed by atoms with E-state index in [1.165, 1.54) is 83.5 Å². The van der Waals surface area contributed by atoms with Gasteiger partial charge in [-0.15, -0.1) is 0 Å². The zero-order chi connectivity index (χ0) is 17.3. The Morgan fingerprint density at radius 2 is 1.21 bits per heavy atom. The van der Waals surface area contributed by atoms with Gasteiger partial charge in [0.25, 0.3) is 0 Å². The molecule has 0 aromatic carbocycles. The molecule has 0 amide bonds. The van der Waals surface area contributed by atoms with Gasteiger partial charge in [0.2, 0.25) is 0 Å². The Kier molecular flexibility index (Phi) is 13.6. The molecule has 0 saturated heterocycles. The summed E-state index contributed by atoms with van der Waals surface area (Å²) in [7, 11) is 0. The average Bonchev–Trinajstić information content (AvgIpc) is 3.41. The van der Waals surface area contributed by atoms with E-state index in [0.29, 0.717) is 13.0 Å². The lowest BCUT2D eigenvalue weighted by molar-refractivity contribution is -0.143. The Labute approximate surface area is 149 Å². The van der Waals surface area contributed by atoms with E-state index in [2.05, 4.69) is 6.92 Å². The van der Waals surface area contributed by atoms with Gasteiger partial charge in [-0.3, -0.25) is 4.79 Å². The van der Waals surface area contributed by atoms with E-state index in [1.54, 1.807) is 6.26 Å². The summed E-state index contributed by atoms with van der Waals surface area (Å²) in [5, 5.41) is 0. The average molecular weight is 339 g/mol. The summed E-state index contributed by atoms with van der Waals surface area (Å²) < 4.78 is 9.86. The van der Waals surface area contributed by atoms with Crippen molar-refractivity contribution in [2.24, 2.45) is 0 Å². The number of unbranched alkanes of at least 4 members (excludes halogenated alkanes) is 14. The van der Waals surface area contributed by atoms with Gasteiger partial charge >= 0.3 is 5.97 Å². The van der Waals surface area contributed by atoms with Crippen molar-refractivity contribution >= 4 is 5.97 Å². The molecule has 24 heavy (non-hydrogen) atoms. The summed E-state index contributed by atoms with van der Waals surface area (Å²) in [5.41, 5.74) is 0. The maximum Gasteiger partial charge on any atom is 0.306 e. The molecule has 0 atom stereocenters. The van der Waals surface area contributed by atoms with E-state index in [-0.39, 0.29) is 5.97 Å². The fourth-order valence-corrected chi connectivity index (χ4v) is 2.97. The zero-order valence-electron chi connectivity index (χ0n) is 15.8. The normalized spacial score (nSPS) is 12.6. The van der Waals surface area contributed by atoms with Crippen LogP contribution in [0.2, 0.25) is 0 Å². The highest BCUT2D eigenvalue weighted by Crippen LogP contribution is 2.15. The summed E-state index contributed by atoms with van der Waals surface area (Å²) in [5.74, 6) is 0.681. The Bertz CT molecular complexity index is 336. The fraction of sp³-hybridized carbons (Fsp3) is 0.857. The molecule has 0 unspecified atom stereocenters. The molecule has 1 aliphatic rings. The summed E-state index contributed by atoms with van der Waals surface area (Å²) in [6.07, 6.45) is 22.3. The Morgan fingerprint density at radius 3 is 1.62 bits per heavy atom. The minimum absolute atomic E-state index is 0.0962. The van der Waals surface area contributed by atoms with Gasteiger partial charge in [-0.2, -0.15) is 0 Å². The molecule has 0 radical (unpaired) electrons. The molecule has 1 aliphatic heterocycles. The Balaban J connectivity index is 1.67. The number of carbonyl (C=O) groups excluding carboxylic acids is 1. The van der Waals surface area contributed by atoms with Gasteiger partial charge < -0.3 is 9.47 Å². The molecule has 0 spiro atoms. The van der Waals surface area contributed by atoms with Crippen molar-refractivity contribution in [1.29, 1.82) is 0 Å². The van der Waals surface area contributed by atoms with E-state index < -0.39 is 0 Å². The van der Waals surface area contributed by atoms with E-state index in [1.807, 2.05) is 0 Å². The number of carbonyl (C=O) groups is 1. The van der Waals surface area contributed by atoms with Crippen molar-refractivity contribution in [1.82, 2.24) is 0 Å². The van der Waals surface area contributed by atoms with Crippen LogP contribution in [0.3, 0.4) is 0 Å². The first kappa shape index (κ1) is 21.1. The van der Waals surface area contributed by atoms with Crippen LogP contribution in [0.1, 0.15) is 110 Å². The molecule has 0 N–H and O–H groups in total. The number of ether oxygens (including phenoxy) is 2. The SMILES string of the molecule is CCCCCCCCCCCCCCCCCC(=O)OCC1=CO1. The van der Waals surface area contributed by atoms with Crippen LogP contribution in [0.15, 0.2) is 12.0 Å². The van der Waals surface area contributed by atoms with E-state index in [0.717, 1.165) is 18.6 Å². The molecule has 3 nitrogen and oxygen atoms in total. The molecule has 0 bridgehead atoms. The van der Waals surface area contributed by atoms with Gasteiger partial charge in [0.05, 0.1) is 0 Å². The first-order valence-corrected chi connectivity index (χ1v) is 10.3. The van der Waals surface area contributed by atoms with E-state index in [9.17, 15) is 4.79 Å². The maximum atomic E-state index is 11.4. The highest BCUT2D eigenvalue weighted by molar-refractivity contribution is 5.69. The monoisotopic (exact) mass is 338 g/mol. The predicted molar refractivity (Wildman–Crippen MR) is 99.7 cm³/mol. The molecular weight excluding hydrogens is 300 g/mol. The number of hydrogen-bond acceptors (Lipinski definition) is 3. The van der Waals surface area contributed by atoms with Gasteiger partial charge in [-0.25, -0.2) is 0 Å². The first-order chi connectivity index (χ1) is 11.8. The Morgan fingerprint density at radius 1 is 0.792 bits per heavy atom. The van der Waals surface area contributed by atoms with Crippen LogP contribution in [0.5, 0.6) is 0 Å². The molecule has 1 heterocycles. The summed E-state index contributed by atoms with van der Waals surface area (Å²) in [6, 6.07) is 0. The van der Waals surface area contributed by atoms with Crippen LogP contribution in [0.25, 0.3) is 0 Å². The number of esters is 1. The quantitative estimate of drug-likeness (QED) is 0.207. The highest BCUT2D eigenvalue weighted by Gasteiger charge is 2.12. The zero-order valence-corrected chi connectivity index (χ0v) is 15.8. The van der Waals surface area contributed by atoms with Gasteiger partial charge in [0, 0.05) is 6.42 Å². The number of rotatable bonds is 18. The lowest BCUT2D eigenvalue weighted by Crippen LogP contribution is -2.04. The lowest BCUT2D eigenvalue weighted by Gasteiger charge is -2.04. The number of hydrogen-bond donors (Lipinski definition) is 0. The second kappa shape index (κ2) is 15.5. The minimum Gasteiger partial charge on any atom is -0.459 e. The largest absolute Gasteiger partial charge is 0.459 e. The molecule has 1 rings (SSSR count). The van der Waals surface area contributed by atoms with Crippen molar-refractivity contribution in [2.45, 2.75) is 110 Å². The Hall–Kier alpha value is -0.990. The molecule has 3 heteroatoms. The predicted octanol–water partition coefficient (Wildman–Crippen LogP) is 6.66. The fourth-order valence-electron chi connectivity index (χ4n) is 2.97. The summed E-state index contributed by atoms with van der Waals surface area (Å²) in [4.78, 5) is 11.4. The second-order valence-electron chi connectivity index (χ2n) is 7.06. The van der Waals surface area contributed by atoms with Gasteiger partial charge in [0.15, 0.2) is 12.4 Å². The summed E-state index contributed by atoms with van der Waals surface area (Å²) >= 11 is 0. The van der Waals surface area contributed by atoms with Crippen LogP contribution in [-0.4, -0.2) is 12.6 Å². The van der Waals surface area contributed by atoms with E-state index in [4.69, 9.17) is 9.47 Å². The van der Waals surface area contributed by atoms with Gasteiger partial charge in [0.1, 0.15) is 6.26 Å². The van der Waals surface area contributed by atoms with Crippen LogP contribution in [0, 0.1) is 0 Å². The standard InChI is InChI=1S/C21H38O3/c1-2-3-4-5-6-7-8-9-10-11-12-13-14-15-16-17-21(22)24-19-20-18-23-20/h18H,2-17,19H2,1H3. The van der Waals surface area contributed by atoms with Crippen molar-refractivity contribution in [3.8, 4) is 0 Å². The second-order valence-corrected chi connectivity index (χ2v) is 7.06. The van der Waals surface area contributed by atoms with Crippen LogP contribution >= 0.6 is 0 Å². The van der Waals surface area contributed by atoms with Crippen LogP contribution < -0.4 is 0 Å². The molecule has 0 aromatic rings. The smallest absolute Gasteiger partial charge is 0.306 e. The maximum absolute atomic E-state index is 11.4. The summed E-state index contributed by atoms with van der Waals surface area (Å²) in [6.45, 7) is 2.59. The lowest BCUT2D eigenvalue weighted by atomic mass is 10.0. The molecule has 0 aliphatic carbocycles. The third kappa shape index (κ3) is 14.6.